The second-order valence-electron chi connectivity index (χ2n) is 6.31. The number of methoxy groups -OCH3 is 2. The van der Waals surface area contributed by atoms with Crippen LogP contribution in [0, 0.1) is 6.92 Å². The fourth-order valence-corrected chi connectivity index (χ4v) is 3.52. The number of carbonyl (C=O) groups is 1. The molecule has 0 spiro atoms. The van der Waals surface area contributed by atoms with Crippen LogP contribution in [0.2, 0.25) is 0 Å². The Hall–Kier alpha value is -1.55. The lowest BCUT2D eigenvalue weighted by molar-refractivity contribution is -0.140. The summed E-state index contributed by atoms with van der Waals surface area (Å²) in [6.07, 6.45) is 4.51. The van der Waals surface area contributed by atoms with Gasteiger partial charge in [0.1, 0.15) is 5.75 Å². The maximum atomic E-state index is 11.7. The monoisotopic (exact) mass is 290 g/mol. The molecule has 2 aliphatic rings. The highest BCUT2D eigenvalue weighted by Gasteiger charge is 2.54. The van der Waals surface area contributed by atoms with Crippen LogP contribution < -0.4 is 4.74 Å². The number of carboxylic acids is 1. The van der Waals surface area contributed by atoms with Crippen molar-refractivity contribution in [2.24, 2.45) is 0 Å². The van der Waals surface area contributed by atoms with Crippen LogP contribution in [0.25, 0.3) is 0 Å². The lowest BCUT2D eigenvalue weighted by Crippen LogP contribution is -2.37. The third kappa shape index (κ3) is 1.96. The topological polar surface area (TPSA) is 55.8 Å². The highest BCUT2D eigenvalue weighted by atomic mass is 16.5. The first-order chi connectivity index (χ1) is 9.99. The molecule has 0 unspecified atom stereocenters. The second-order valence-corrected chi connectivity index (χ2v) is 6.31. The molecule has 2 aliphatic carbocycles. The van der Waals surface area contributed by atoms with Gasteiger partial charge in [0.25, 0.3) is 0 Å². The van der Waals surface area contributed by atoms with E-state index < -0.39 is 11.4 Å². The minimum absolute atomic E-state index is 0.236. The second kappa shape index (κ2) is 4.73. The molecule has 0 heterocycles. The molecule has 4 nitrogen and oxygen atoms in total. The van der Waals surface area contributed by atoms with Crippen molar-refractivity contribution < 1.29 is 19.4 Å². The Morgan fingerprint density at radius 2 is 1.81 bits per heavy atom. The number of hydrogen-bond acceptors (Lipinski definition) is 3. The summed E-state index contributed by atoms with van der Waals surface area (Å²) in [7, 11) is 3.35. The van der Waals surface area contributed by atoms with Gasteiger partial charge in [-0.3, -0.25) is 4.79 Å². The van der Waals surface area contributed by atoms with Crippen molar-refractivity contribution >= 4 is 5.97 Å². The van der Waals surface area contributed by atoms with Crippen molar-refractivity contribution in [1.82, 2.24) is 0 Å². The van der Waals surface area contributed by atoms with Gasteiger partial charge in [0.2, 0.25) is 0 Å². The van der Waals surface area contributed by atoms with Crippen LogP contribution >= 0.6 is 0 Å². The fourth-order valence-electron chi connectivity index (χ4n) is 3.52. The Morgan fingerprint density at radius 1 is 1.14 bits per heavy atom. The summed E-state index contributed by atoms with van der Waals surface area (Å²) >= 11 is 0. The molecule has 0 amide bonds. The first kappa shape index (κ1) is 14.4. The van der Waals surface area contributed by atoms with Crippen LogP contribution in [-0.4, -0.2) is 25.3 Å². The summed E-state index contributed by atoms with van der Waals surface area (Å²) in [6, 6.07) is 3.99. The van der Waals surface area contributed by atoms with E-state index in [1.807, 2.05) is 19.1 Å². The predicted octanol–water partition coefficient (Wildman–Crippen LogP) is 3.15. The molecule has 0 atom stereocenters. The summed E-state index contributed by atoms with van der Waals surface area (Å²) < 4.78 is 11.2. The molecule has 3 rings (SSSR count). The van der Waals surface area contributed by atoms with Crippen LogP contribution in [0.1, 0.15) is 48.8 Å². The van der Waals surface area contributed by atoms with E-state index in [1.54, 1.807) is 14.2 Å². The SMILES string of the molecule is COc1cc(C)c(C2(OC)CCC2)cc1C1(C(=O)O)CC1. The predicted molar refractivity (Wildman–Crippen MR) is 78.8 cm³/mol. The minimum Gasteiger partial charge on any atom is -0.496 e. The lowest BCUT2D eigenvalue weighted by atomic mass is 9.72. The fraction of sp³-hybridized carbons (Fsp3) is 0.588. The standard InChI is InChI=1S/C17H22O4/c1-11-9-14(20-2)13(16(7-8-16)15(18)19)10-12(11)17(21-3)5-4-6-17/h9-10H,4-8H2,1-3H3,(H,18,19). The van der Waals surface area contributed by atoms with Crippen LogP contribution in [0.15, 0.2) is 12.1 Å². The van der Waals surface area contributed by atoms with Gasteiger partial charge in [0, 0.05) is 12.7 Å². The number of hydrogen-bond donors (Lipinski definition) is 1. The smallest absolute Gasteiger partial charge is 0.314 e. The third-order valence-electron chi connectivity index (χ3n) is 5.26. The minimum atomic E-state index is -0.757. The average molecular weight is 290 g/mol. The first-order valence-electron chi connectivity index (χ1n) is 7.47. The van der Waals surface area contributed by atoms with Crippen LogP contribution in [0.4, 0.5) is 0 Å². The zero-order chi connectivity index (χ0) is 15.3. The van der Waals surface area contributed by atoms with Crippen molar-refractivity contribution in [2.45, 2.75) is 50.0 Å². The zero-order valence-electron chi connectivity index (χ0n) is 12.9. The van der Waals surface area contributed by atoms with E-state index in [0.717, 1.165) is 36.0 Å². The third-order valence-corrected chi connectivity index (χ3v) is 5.26. The largest absolute Gasteiger partial charge is 0.496 e. The Bertz CT molecular complexity index is 577. The molecule has 1 aromatic rings. The normalized spacial score (nSPS) is 21.5. The molecule has 21 heavy (non-hydrogen) atoms. The molecule has 1 aromatic carbocycles. The molecule has 2 saturated carbocycles. The van der Waals surface area contributed by atoms with Gasteiger partial charge in [-0.1, -0.05) is 0 Å². The molecular weight excluding hydrogens is 268 g/mol. The van der Waals surface area contributed by atoms with E-state index in [9.17, 15) is 9.90 Å². The number of ether oxygens (including phenoxy) is 2. The molecule has 2 fully saturated rings. The first-order valence-corrected chi connectivity index (χ1v) is 7.47. The maximum absolute atomic E-state index is 11.7. The van der Waals surface area contributed by atoms with Crippen molar-refractivity contribution in [1.29, 1.82) is 0 Å². The van der Waals surface area contributed by atoms with Crippen LogP contribution in [-0.2, 0) is 20.5 Å². The van der Waals surface area contributed by atoms with Crippen LogP contribution in [0.5, 0.6) is 5.75 Å². The van der Waals surface area contributed by atoms with Crippen molar-refractivity contribution in [2.75, 3.05) is 14.2 Å². The van der Waals surface area contributed by atoms with Crippen molar-refractivity contribution in [3.8, 4) is 5.75 Å². The number of rotatable bonds is 5. The van der Waals surface area contributed by atoms with Gasteiger partial charge < -0.3 is 14.6 Å². The number of aryl methyl sites for hydroxylation is 1. The molecule has 114 valence electrons. The van der Waals surface area contributed by atoms with E-state index >= 15 is 0 Å². The number of aliphatic carboxylic acids is 1. The van der Waals surface area contributed by atoms with Gasteiger partial charge in [-0.15, -0.1) is 0 Å². The lowest BCUT2D eigenvalue weighted by Gasteiger charge is -2.42. The Morgan fingerprint density at radius 3 is 2.19 bits per heavy atom. The van der Waals surface area contributed by atoms with Gasteiger partial charge >= 0.3 is 5.97 Å². The Labute approximate surface area is 125 Å². The van der Waals surface area contributed by atoms with E-state index in [0.29, 0.717) is 18.6 Å². The van der Waals surface area contributed by atoms with Gasteiger partial charge in [-0.05, 0) is 62.3 Å². The zero-order valence-corrected chi connectivity index (χ0v) is 12.9. The van der Waals surface area contributed by atoms with E-state index in [1.165, 1.54) is 0 Å². The van der Waals surface area contributed by atoms with Crippen molar-refractivity contribution in [3.63, 3.8) is 0 Å². The molecule has 0 radical (unpaired) electrons. The Balaban J connectivity index is 2.14. The number of benzene rings is 1. The summed E-state index contributed by atoms with van der Waals surface area (Å²) in [6.45, 7) is 2.04. The van der Waals surface area contributed by atoms with Crippen molar-refractivity contribution in [3.05, 3.63) is 28.8 Å². The molecular formula is C17H22O4. The summed E-state index contributed by atoms with van der Waals surface area (Å²) in [4.78, 5) is 11.7. The molecule has 0 aliphatic heterocycles. The molecule has 0 bridgehead atoms. The van der Waals surface area contributed by atoms with E-state index in [-0.39, 0.29) is 5.60 Å². The molecule has 0 saturated heterocycles. The van der Waals surface area contributed by atoms with E-state index in [4.69, 9.17) is 9.47 Å². The van der Waals surface area contributed by atoms with Crippen LogP contribution in [0.3, 0.4) is 0 Å². The highest BCUT2D eigenvalue weighted by molar-refractivity contribution is 5.86. The summed E-state index contributed by atoms with van der Waals surface area (Å²) in [5.41, 5.74) is 2.05. The molecule has 1 N–H and O–H groups in total. The quantitative estimate of drug-likeness (QED) is 0.905. The molecule has 4 heteroatoms. The molecule has 0 aromatic heterocycles. The van der Waals surface area contributed by atoms with Gasteiger partial charge in [0.05, 0.1) is 18.1 Å². The summed E-state index contributed by atoms with van der Waals surface area (Å²) in [5, 5.41) is 9.58. The highest BCUT2D eigenvalue weighted by Crippen LogP contribution is 2.54. The maximum Gasteiger partial charge on any atom is 0.314 e. The van der Waals surface area contributed by atoms with E-state index in [2.05, 4.69) is 0 Å². The summed E-state index contributed by atoms with van der Waals surface area (Å²) in [5.74, 6) is -0.0718. The number of carboxylic acid groups (broad SMARTS) is 1. The Kier molecular flexibility index (Phi) is 3.24. The van der Waals surface area contributed by atoms with Gasteiger partial charge in [0.15, 0.2) is 0 Å². The average Bonchev–Trinajstić information content (AvgIpc) is 3.20. The van der Waals surface area contributed by atoms with Gasteiger partial charge in [-0.25, -0.2) is 0 Å². The van der Waals surface area contributed by atoms with Gasteiger partial charge in [-0.2, -0.15) is 0 Å².